The molecule has 1 atom stereocenters. The summed E-state index contributed by atoms with van der Waals surface area (Å²) in [6.45, 7) is 2.99. The van der Waals surface area contributed by atoms with Crippen molar-refractivity contribution >= 4 is 12.0 Å². The number of pyridine rings is 1. The van der Waals surface area contributed by atoms with E-state index in [4.69, 9.17) is 4.74 Å². The first-order valence-corrected chi connectivity index (χ1v) is 9.29. The molecular weight excluding hydrogens is 330 g/mol. The molecule has 2 rings (SSSR count). The van der Waals surface area contributed by atoms with E-state index >= 15 is 0 Å². The van der Waals surface area contributed by atoms with Crippen molar-refractivity contribution in [3.05, 3.63) is 30.1 Å². The third kappa shape index (κ3) is 7.14. The van der Waals surface area contributed by atoms with E-state index in [0.29, 0.717) is 26.1 Å². The van der Waals surface area contributed by atoms with Crippen LogP contribution < -0.4 is 5.32 Å². The number of rotatable bonds is 7. The van der Waals surface area contributed by atoms with Gasteiger partial charge in [0.25, 0.3) is 0 Å². The molecule has 1 unspecified atom stereocenters. The molecule has 1 aliphatic carbocycles. The van der Waals surface area contributed by atoms with Gasteiger partial charge in [-0.05, 0) is 31.4 Å². The molecule has 1 aromatic heterocycles. The fourth-order valence-electron chi connectivity index (χ4n) is 2.73. The number of carbonyl (C=O) groups is 2. The lowest BCUT2D eigenvalue weighted by Gasteiger charge is -2.22. The van der Waals surface area contributed by atoms with Gasteiger partial charge in [-0.25, -0.2) is 4.79 Å². The molecule has 1 heterocycles. The fraction of sp³-hybridized carbons (Fsp3) is 0.550. The normalized spacial score (nSPS) is 16.4. The molecule has 2 amide bonds. The zero-order chi connectivity index (χ0) is 18.6. The van der Waals surface area contributed by atoms with Crippen LogP contribution in [-0.2, 0) is 16.1 Å². The van der Waals surface area contributed by atoms with Crippen LogP contribution in [0, 0.1) is 11.8 Å². The Morgan fingerprint density at radius 2 is 2.23 bits per heavy atom. The molecular formula is C20H27N3O3. The largest absolute Gasteiger partial charge is 0.433 e. The van der Waals surface area contributed by atoms with Gasteiger partial charge in [-0.1, -0.05) is 31.3 Å². The van der Waals surface area contributed by atoms with E-state index in [1.165, 1.54) is 0 Å². The number of nitrogens with one attached hydrogen (secondary N) is 1. The molecule has 0 spiro atoms. The lowest BCUT2D eigenvalue weighted by atomic mass is 10.1. The van der Waals surface area contributed by atoms with Crippen LogP contribution in [-0.4, -0.2) is 41.1 Å². The van der Waals surface area contributed by atoms with Crippen LogP contribution in [0.3, 0.4) is 0 Å². The average molecular weight is 357 g/mol. The second-order valence-electron chi connectivity index (χ2n) is 6.23. The van der Waals surface area contributed by atoms with E-state index in [1.807, 2.05) is 25.1 Å². The Balaban J connectivity index is 1.78. The summed E-state index contributed by atoms with van der Waals surface area (Å²) >= 11 is 0. The van der Waals surface area contributed by atoms with Crippen LogP contribution in [0.2, 0.25) is 0 Å². The van der Waals surface area contributed by atoms with Crippen molar-refractivity contribution in [1.82, 2.24) is 15.2 Å². The highest BCUT2D eigenvalue weighted by Crippen LogP contribution is 2.11. The van der Waals surface area contributed by atoms with Crippen molar-refractivity contribution in [3.63, 3.8) is 0 Å². The van der Waals surface area contributed by atoms with Crippen molar-refractivity contribution < 1.29 is 14.3 Å². The molecule has 0 aromatic carbocycles. The second-order valence-corrected chi connectivity index (χ2v) is 6.23. The molecule has 0 bridgehead atoms. The van der Waals surface area contributed by atoms with Gasteiger partial charge in [0.1, 0.15) is 0 Å². The third-order valence-corrected chi connectivity index (χ3v) is 4.17. The van der Waals surface area contributed by atoms with Crippen LogP contribution in [0.1, 0.15) is 51.1 Å². The Bertz CT molecular complexity index is 637. The number of aromatic nitrogens is 1. The van der Waals surface area contributed by atoms with E-state index < -0.39 is 6.09 Å². The molecule has 1 N–H and O–H groups in total. The third-order valence-electron chi connectivity index (χ3n) is 4.17. The van der Waals surface area contributed by atoms with Gasteiger partial charge in [0.2, 0.25) is 5.91 Å². The van der Waals surface area contributed by atoms with Crippen LogP contribution in [0.15, 0.2) is 24.4 Å². The van der Waals surface area contributed by atoms with Crippen molar-refractivity contribution in [3.8, 4) is 11.8 Å². The monoisotopic (exact) mass is 357 g/mol. The molecule has 1 aromatic rings. The van der Waals surface area contributed by atoms with Gasteiger partial charge in [0, 0.05) is 32.1 Å². The van der Waals surface area contributed by atoms with Crippen molar-refractivity contribution in [1.29, 1.82) is 0 Å². The summed E-state index contributed by atoms with van der Waals surface area (Å²) in [7, 11) is 0. The number of nitrogens with zero attached hydrogens (tertiary/aromatic N) is 2. The molecule has 0 radical (unpaired) electrons. The summed E-state index contributed by atoms with van der Waals surface area (Å²) in [6, 6.07) is 5.61. The topological polar surface area (TPSA) is 71.5 Å². The molecule has 0 fully saturated rings. The molecule has 6 heteroatoms. The van der Waals surface area contributed by atoms with Gasteiger partial charge in [-0.15, -0.1) is 0 Å². The van der Waals surface area contributed by atoms with Crippen molar-refractivity contribution in [2.24, 2.45) is 0 Å². The highest BCUT2D eigenvalue weighted by Gasteiger charge is 2.15. The predicted molar refractivity (Wildman–Crippen MR) is 99.1 cm³/mol. The Morgan fingerprint density at radius 3 is 3.00 bits per heavy atom. The van der Waals surface area contributed by atoms with Crippen LogP contribution in [0.25, 0.3) is 0 Å². The van der Waals surface area contributed by atoms with E-state index in [9.17, 15) is 9.59 Å². The number of hydrogen-bond donors (Lipinski definition) is 1. The lowest BCUT2D eigenvalue weighted by molar-refractivity contribution is -0.131. The van der Waals surface area contributed by atoms with Crippen LogP contribution in [0.4, 0.5) is 4.79 Å². The molecule has 0 aliphatic heterocycles. The summed E-state index contributed by atoms with van der Waals surface area (Å²) in [4.78, 5) is 30.0. The SMILES string of the molecule is CCC(=O)N(CCNC(=O)OC1C#CCCCCC1)Cc1ccccn1. The first-order chi connectivity index (χ1) is 12.7. The lowest BCUT2D eigenvalue weighted by Crippen LogP contribution is -2.39. The first-order valence-electron chi connectivity index (χ1n) is 9.29. The Labute approximate surface area is 155 Å². The molecule has 0 saturated heterocycles. The number of amides is 2. The van der Waals surface area contributed by atoms with Gasteiger partial charge in [-0.2, -0.15) is 0 Å². The Hall–Kier alpha value is -2.55. The average Bonchev–Trinajstić information content (AvgIpc) is 2.63. The summed E-state index contributed by atoms with van der Waals surface area (Å²) < 4.78 is 5.37. The maximum absolute atomic E-state index is 12.1. The summed E-state index contributed by atoms with van der Waals surface area (Å²) in [5.74, 6) is 6.08. The van der Waals surface area contributed by atoms with Crippen molar-refractivity contribution in [2.45, 2.75) is 58.1 Å². The van der Waals surface area contributed by atoms with E-state index in [0.717, 1.165) is 37.8 Å². The molecule has 26 heavy (non-hydrogen) atoms. The fourth-order valence-corrected chi connectivity index (χ4v) is 2.73. The summed E-state index contributed by atoms with van der Waals surface area (Å²) in [5.41, 5.74) is 0.821. The molecule has 140 valence electrons. The number of alkyl carbamates (subject to hydrolysis) is 1. The molecule has 0 saturated carbocycles. The number of carbonyl (C=O) groups excluding carboxylic acids is 2. The summed E-state index contributed by atoms with van der Waals surface area (Å²) in [5, 5.41) is 2.72. The standard InChI is InChI=1S/C20H27N3O3/c1-2-19(24)23(16-17-10-8-9-13-21-17)15-14-22-20(25)26-18-11-6-4-3-5-7-12-18/h8-10,13,18H,2-6,11,14-16H2,1H3,(H,22,25). The molecule has 6 nitrogen and oxygen atoms in total. The second kappa shape index (κ2) is 11.1. The van der Waals surface area contributed by atoms with Gasteiger partial charge < -0.3 is 15.0 Å². The van der Waals surface area contributed by atoms with E-state index in [-0.39, 0.29) is 12.0 Å². The van der Waals surface area contributed by atoms with Gasteiger partial charge in [-0.3, -0.25) is 9.78 Å². The zero-order valence-electron chi connectivity index (χ0n) is 15.4. The highest BCUT2D eigenvalue weighted by atomic mass is 16.6. The van der Waals surface area contributed by atoms with Gasteiger partial charge >= 0.3 is 6.09 Å². The minimum Gasteiger partial charge on any atom is -0.433 e. The number of ether oxygens (including phenoxy) is 1. The van der Waals surface area contributed by atoms with Crippen LogP contribution in [0.5, 0.6) is 0 Å². The Morgan fingerprint density at radius 1 is 1.35 bits per heavy atom. The van der Waals surface area contributed by atoms with Gasteiger partial charge in [0.05, 0.1) is 12.2 Å². The summed E-state index contributed by atoms with van der Waals surface area (Å²) in [6.07, 6.45) is 6.20. The van der Waals surface area contributed by atoms with Crippen LogP contribution >= 0.6 is 0 Å². The predicted octanol–water partition coefficient (Wildman–Crippen LogP) is 2.88. The maximum Gasteiger partial charge on any atom is 0.408 e. The maximum atomic E-state index is 12.1. The Kier molecular flexibility index (Phi) is 8.47. The van der Waals surface area contributed by atoms with Gasteiger partial charge in [0.15, 0.2) is 6.10 Å². The van der Waals surface area contributed by atoms with Crippen molar-refractivity contribution in [2.75, 3.05) is 13.1 Å². The number of hydrogen-bond acceptors (Lipinski definition) is 4. The zero-order valence-corrected chi connectivity index (χ0v) is 15.4. The molecule has 1 aliphatic rings. The first kappa shape index (κ1) is 19.8. The smallest absolute Gasteiger partial charge is 0.408 e. The minimum atomic E-state index is -0.480. The quantitative estimate of drug-likeness (QED) is 0.762. The minimum absolute atomic E-state index is 0.0247. The van der Waals surface area contributed by atoms with E-state index in [2.05, 4.69) is 22.1 Å². The van der Waals surface area contributed by atoms with E-state index in [1.54, 1.807) is 11.1 Å². The highest BCUT2D eigenvalue weighted by molar-refractivity contribution is 5.75.